The van der Waals surface area contributed by atoms with Crippen LogP contribution in [-0.2, 0) is 0 Å². The minimum absolute atomic E-state index is 0.0810. The average molecular weight is 221 g/mol. The first-order valence-corrected chi connectivity index (χ1v) is 4.54. The predicted molar refractivity (Wildman–Crippen MR) is 54.9 cm³/mol. The third-order valence-corrected chi connectivity index (χ3v) is 2.23. The van der Waals surface area contributed by atoms with Gasteiger partial charge in [-0.05, 0) is 13.0 Å². The van der Waals surface area contributed by atoms with E-state index in [1.165, 1.54) is 35.2 Å². The van der Waals surface area contributed by atoms with E-state index in [0.717, 1.165) is 0 Å². The van der Waals surface area contributed by atoms with E-state index in [0.29, 0.717) is 5.82 Å². The van der Waals surface area contributed by atoms with Crippen LogP contribution in [0.15, 0.2) is 30.6 Å². The van der Waals surface area contributed by atoms with Crippen LogP contribution in [0.4, 0.5) is 10.1 Å². The topological polar surface area (TPSA) is 61.0 Å². The van der Waals surface area contributed by atoms with Crippen LogP contribution in [0.5, 0.6) is 0 Å². The first-order valence-electron chi connectivity index (χ1n) is 4.54. The monoisotopic (exact) mass is 221 g/mol. The fourth-order valence-corrected chi connectivity index (χ4v) is 1.50. The number of nitro groups is 1. The molecule has 2 aromatic rings. The summed E-state index contributed by atoms with van der Waals surface area (Å²) < 4.78 is 15.0. The largest absolute Gasteiger partial charge is 0.296 e. The van der Waals surface area contributed by atoms with Crippen molar-refractivity contribution < 1.29 is 9.31 Å². The summed E-state index contributed by atoms with van der Waals surface area (Å²) in [6, 6.07) is 3.75. The van der Waals surface area contributed by atoms with E-state index in [2.05, 4.69) is 4.98 Å². The number of hydrogen-bond donors (Lipinski definition) is 0. The molecule has 0 saturated heterocycles. The van der Waals surface area contributed by atoms with E-state index in [1.807, 2.05) is 0 Å². The lowest BCUT2D eigenvalue weighted by atomic mass is 10.2. The zero-order valence-corrected chi connectivity index (χ0v) is 8.42. The van der Waals surface area contributed by atoms with Gasteiger partial charge in [0, 0.05) is 18.5 Å². The Balaban J connectivity index is 2.73. The lowest BCUT2D eigenvalue weighted by molar-refractivity contribution is -0.384. The fourth-order valence-electron chi connectivity index (χ4n) is 1.50. The minimum Gasteiger partial charge on any atom is -0.295 e. The summed E-state index contributed by atoms with van der Waals surface area (Å²) in [5, 5.41) is 10.8. The lowest BCUT2D eigenvalue weighted by Gasteiger charge is -2.06. The van der Waals surface area contributed by atoms with Gasteiger partial charge in [0.15, 0.2) is 11.5 Å². The van der Waals surface area contributed by atoms with Crippen molar-refractivity contribution >= 4 is 5.69 Å². The Morgan fingerprint density at radius 1 is 1.50 bits per heavy atom. The van der Waals surface area contributed by atoms with Gasteiger partial charge in [-0.15, -0.1) is 0 Å². The Bertz CT molecular complexity index is 551. The molecule has 5 nitrogen and oxygen atoms in total. The van der Waals surface area contributed by atoms with Crippen LogP contribution in [0.3, 0.4) is 0 Å². The van der Waals surface area contributed by atoms with Crippen LogP contribution in [0.1, 0.15) is 5.82 Å². The molecule has 1 aromatic carbocycles. The summed E-state index contributed by atoms with van der Waals surface area (Å²) in [6.45, 7) is 1.65. The van der Waals surface area contributed by atoms with Crippen LogP contribution in [-0.4, -0.2) is 14.5 Å². The summed E-state index contributed by atoms with van der Waals surface area (Å²) in [5.74, 6) is -0.150. The molecule has 6 heteroatoms. The maximum Gasteiger partial charge on any atom is 0.296 e. The second kappa shape index (κ2) is 3.73. The Kier molecular flexibility index (Phi) is 2.40. The van der Waals surface area contributed by atoms with E-state index >= 15 is 0 Å². The van der Waals surface area contributed by atoms with Crippen molar-refractivity contribution in [2.45, 2.75) is 6.92 Å². The quantitative estimate of drug-likeness (QED) is 0.577. The first-order chi connectivity index (χ1) is 7.61. The molecule has 2 rings (SSSR count). The number of aryl methyl sites for hydroxylation is 1. The molecule has 16 heavy (non-hydrogen) atoms. The molecule has 1 aromatic heterocycles. The molecule has 0 radical (unpaired) electrons. The van der Waals surface area contributed by atoms with E-state index in [1.54, 1.807) is 6.92 Å². The molecule has 0 amide bonds. The first kappa shape index (κ1) is 10.3. The van der Waals surface area contributed by atoms with E-state index in [-0.39, 0.29) is 11.4 Å². The number of para-hydroxylation sites is 1. The Morgan fingerprint density at radius 2 is 2.25 bits per heavy atom. The number of rotatable bonds is 2. The van der Waals surface area contributed by atoms with Gasteiger partial charge in [0.2, 0.25) is 0 Å². The molecule has 1 heterocycles. The van der Waals surface area contributed by atoms with Gasteiger partial charge in [0.25, 0.3) is 5.69 Å². The van der Waals surface area contributed by atoms with Crippen molar-refractivity contribution in [2.24, 2.45) is 0 Å². The van der Waals surface area contributed by atoms with Crippen molar-refractivity contribution in [2.75, 3.05) is 0 Å². The number of halogens is 1. The maximum absolute atomic E-state index is 13.6. The van der Waals surface area contributed by atoms with Crippen molar-refractivity contribution in [3.05, 3.63) is 52.3 Å². The molecular formula is C10H8FN3O2. The van der Waals surface area contributed by atoms with Crippen LogP contribution < -0.4 is 0 Å². The van der Waals surface area contributed by atoms with Gasteiger partial charge in [-0.2, -0.15) is 0 Å². The van der Waals surface area contributed by atoms with Crippen molar-refractivity contribution in [3.8, 4) is 5.69 Å². The van der Waals surface area contributed by atoms with Gasteiger partial charge in [-0.25, -0.2) is 9.37 Å². The zero-order valence-electron chi connectivity index (χ0n) is 8.42. The second-order valence-electron chi connectivity index (χ2n) is 3.21. The molecule has 0 saturated carbocycles. The van der Waals surface area contributed by atoms with Gasteiger partial charge in [-0.1, -0.05) is 6.07 Å². The summed E-state index contributed by atoms with van der Waals surface area (Å²) >= 11 is 0. The Labute approximate surface area is 90.3 Å². The molecule has 0 bridgehead atoms. The van der Waals surface area contributed by atoms with Gasteiger partial charge in [0.05, 0.1) is 4.92 Å². The number of nitrogens with zero attached hydrogens (tertiary/aromatic N) is 3. The van der Waals surface area contributed by atoms with E-state index in [9.17, 15) is 14.5 Å². The van der Waals surface area contributed by atoms with Crippen LogP contribution in [0.25, 0.3) is 5.69 Å². The third kappa shape index (κ3) is 1.54. The third-order valence-electron chi connectivity index (χ3n) is 2.23. The molecule has 0 atom stereocenters. The molecule has 0 spiro atoms. The zero-order chi connectivity index (χ0) is 11.7. The summed E-state index contributed by atoms with van der Waals surface area (Å²) in [4.78, 5) is 14.1. The highest BCUT2D eigenvalue weighted by atomic mass is 19.1. The standard InChI is InChI=1S/C10H8FN3O2/c1-7-12-5-6-13(7)10-8(11)3-2-4-9(10)14(15)16/h2-6H,1H3. The highest BCUT2D eigenvalue weighted by Crippen LogP contribution is 2.26. The highest BCUT2D eigenvalue weighted by Gasteiger charge is 2.20. The molecule has 0 N–H and O–H groups in total. The highest BCUT2D eigenvalue weighted by molar-refractivity contribution is 5.53. The molecule has 0 aliphatic rings. The van der Waals surface area contributed by atoms with Gasteiger partial charge in [-0.3, -0.25) is 14.7 Å². The number of aromatic nitrogens is 2. The molecule has 0 fully saturated rings. The van der Waals surface area contributed by atoms with Crippen LogP contribution in [0, 0.1) is 22.9 Å². The number of imidazole rings is 1. The minimum atomic E-state index is -0.643. The van der Waals surface area contributed by atoms with Crippen LogP contribution in [0.2, 0.25) is 0 Å². The molecule has 0 aliphatic carbocycles. The van der Waals surface area contributed by atoms with Gasteiger partial charge >= 0.3 is 0 Å². The Morgan fingerprint density at radius 3 is 2.81 bits per heavy atom. The van der Waals surface area contributed by atoms with Gasteiger partial charge < -0.3 is 0 Å². The smallest absolute Gasteiger partial charge is 0.295 e. The molecule has 0 aliphatic heterocycles. The number of nitro benzene ring substituents is 1. The van der Waals surface area contributed by atoms with E-state index < -0.39 is 10.7 Å². The Hall–Kier alpha value is -2.24. The average Bonchev–Trinajstić information content (AvgIpc) is 2.64. The normalized spacial score (nSPS) is 10.4. The molecule has 0 unspecified atom stereocenters. The SMILES string of the molecule is Cc1nccn1-c1c(F)cccc1[N+](=O)[O-]. The second-order valence-corrected chi connectivity index (χ2v) is 3.21. The van der Waals surface area contributed by atoms with Crippen molar-refractivity contribution in [3.63, 3.8) is 0 Å². The summed E-state index contributed by atoms with van der Waals surface area (Å²) in [6.07, 6.45) is 2.95. The number of benzene rings is 1. The predicted octanol–water partition coefficient (Wildman–Crippen LogP) is 2.23. The summed E-state index contributed by atoms with van der Waals surface area (Å²) in [7, 11) is 0. The van der Waals surface area contributed by atoms with Crippen molar-refractivity contribution in [1.82, 2.24) is 9.55 Å². The van der Waals surface area contributed by atoms with Crippen LogP contribution >= 0.6 is 0 Å². The fraction of sp³-hybridized carbons (Fsp3) is 0.100. The lowest BCUT2D eigenvalue weighted by Crippen LogP contribution is -2.03. The van der Waals surface area contributed by atoms with Gasteiger partial charge in [0.1, 0.15) is 5.82 Å². The van der Waals surface area contributed by atoms with E-state index in [4.69, 9.17) is 0 Å². The van der Waals surface area contributed by atoms with Crippen molar-refractivity contribution in [1.29, 1.82) is 0 Å². The maximum atomic E-state index is 13.6. The molecule has 82 valence electrons. The summed E-state index contributed by atoms with van der Waals surface area (Å²) in [5.41, 5.74) is -0.358. The number of hydrogen-bond acceptors (Lipinski definition) is 3. The molecular weight excluding hydrogens is 213 g/mol.